The zero-order valence-electron chi connectivity index (χ0n) is 16.3. The van der Waals surface area contributed by atoms with Gasteiger partial charge in [0.2, 0.25) is 0 Å². The number of nitrogens with zero attached hydrogens (tertiary/aromatic N) is 1. The van der Waals surface area contributed by atoms with Crippen molar-refractivity contribution in [2.75, 3.05) is 6.61 Å². The number of phenols is 1. The molecular weight excluding hydrogens is 348 g/mol. The highest BCUT2D eigenvalue weighted by Gasteiger charge is 2.22. The standard InChI is InChI=1S/C20H28N2O5/c1-5-6-9-27-17-15-10-13(23)7-8-14(15)18(24)22(12-20(2,3)4)16(17)11-21-19(25)26/h7-8,10,21,23H,5-6,9,11-12H2,1-4H3,(H,25,26). The molecule has 1 aromatic heterocycles. The van der Waals surface area contributed by atoms with Gasteiger partial charge in [-0.3, -0.25) is 4.79 Å². The van der Waals surface area contributed by atoms with E-state index in [2.05, 4.69) is 5.32 Å². The second kappa shape index (κ2) is 8.33. The van der Waals surface area contributed by atoms with Gasteiger partial charge in [-0.05, 0) is 30.0 Å². The minimum atomic E-state index is -1.18. The van der Waals surface area contributed by atoms with Gasteiger partial charge in [0.15, 0.2) is 0 Å². The highest BCUT2D eigenvalue weighted by molar-refractivity contribution is 5.89. The molecule has 0 unspecified atom stereocenters. The third-order valence-electron chi connectivity index (χ3n) is 4.10. The third-order valence-corrected chi connectivity index (χ3v) is 4.10. The number of nitrogens with one attached hydrogen (secondary N) is 1. The van der Waals surface area contributed by atoms with Crippen molar-refractivity contribution in [3.63, 3.8) is 0 Å². The van der Waals surface area contributed by atoms with E-state index in [0.29, 0.717) is 35.4 Å². The van der Waals surface area contributed by atoms with E-state index < -0.39 is 6.09 Å². The number of fused-ring (bicyclic) bond motifs is 1. The number of carboxylic acid groups (broad SMARTS) is 1. The van der Waals surface area contributed by atoms with Crippen molar-refractivity contribution in [3.8, 4) is 11.5 Å². The smallest absolute Gasteiger partial charge is 0.404 e. The maximum absolute atomic E-state index is 13.1. The molecule has 0 atom stereocenters. The van der Waals surface area contributed by atoms with Gasteiger partial charge in [0.05, 0.1) is 24.2 Å². The summed E-state index contributed by atoms with van der Waals surface area (Å²) in [6.45, 7) is 8.85. The molecule has 1 aromatic carbocycles. The maximum atomic E-state index is 13.1. The Morgan fingerprint density at radius 1 is 1.26 bits per heavy atom. The topological polar surface area (TPSA) is 101 Å². The van der Waals surface area contributed by atoms with Gasteiger partial charge in [0.25, 0.3) is 5.56 Å². The molecule has 148 valence electrons. The van der Waals surface area contributed by atoms with Crippen LogP contribution in [0.3, 0.4) is 0 Å². The quantitative estimate of drug-likeness (QED) is 0.640. The van der Waals surface area contributed by atoms with E-state index in [1.807, 2.05) is 27.7 Å². The van der Waals surface area contributed by atoms with Gasteiger partial charge in [-0.25, -0.2) is 4.79 Å². The molecule has 1 amide bonds. The Bertz CT molecular complexity index is 881. The number of aromatic nitrogens is 1. The molecule has 0 saturated heterocycles. The Hall–Kier alpha value is -2.70. The van der Waals surface area contributed by atoms with Crippen LogP contribution in [0, 0.1) is 5.41 Å². The first-order chi connectivity index (χ1) is 12.6. The fraction of sp³-hybridized carbons (Fsp3) is 0.500. The van der Waals surface area contributed by atoms with Gasteiger partial charge < -0.3 is 24.8 Å². The minimum absolute atomic E-state index is 0.0213. The zero-order chi connectivity index (χ0) is 20.2. The summed E-state index contributed by atoms with van der Waals surface area (Å²) in [5.41, 5.74) is 0.0316. The van der Waals surface area contributed by atoms with Gasteiger partial charge in [-0.1, -0.05) is 34.1 Å². The van der Waals surface area contributed by atoms with E-state index in [1.54, 1.807) is 10.6 Å². The lowest BCUT2D eigenvalue weighted by Crippen LogP contribution is -2.33. The second-order valence-electron chi connectivity index (χ2n) is 7.82. The summed E-state index contributed by atoms with van der Waals surface area (Å²) in [7, 11) is 0. The number of aromatic hydroxyl groups is 1. The predicted octanol–water partition coefficient (Wildman–Crippen LogP) is 3.70. The molecule has 0 radical (unpaired) electrons. The number of phenolic OH excluding ortho intramolecular Hbond substituents is 1. The monoisotopic (exact) mass is 376 g/mol. The van der Waals surface area contributed by atoms with Crippen LogP contribution < -0.4 is 15.6 Å². The number of hydrogen-bond donors (Lipinski definition) is 3. The summed E-state index contributed by atoms with van der Waals surface area (Å²) in [5.74, 6) is 0.458. The molecule has 0 aliphatic rings. The highest BCUT2D eigenvalue weighted by atomic mass is 16.5. The van der Waals surface area contributed by atoms with E-state index in [9.17, 15) is 14.7 Å². The van der Waals surface area contributed by atoms with Crippen LogP contribution in [0.25, 0.3) is 10.8 Å². The molecule has 27 heavy (non-hydrogen) atoms. The summed E-state index contributed by atoms with van der Waals surface area (Å²) < 4.78 is 7.56. The van der Waals surface area contributed by atoms with Crippen molar-refractivity contribution in [2.24, 2.45) is 5.41 Å². The molecule has 1 heterocycles. The van der Waals surface area contributed by atoms with Crippen molar-refractivity contribution < 1.29 is 19.7 Å². The Kier molecular flexibility index (Phi) is 6.36. The second-order valence-corrected chi connectivity index (χ2v) is 7.82. The highest BCUT2D eigenvalue weighted by Crippen LogP contribution is 2.32. The number of amides is 1. The number of unbranched alkanes of at least 4 members (excludes halogenated alkanes) is 1. The van der Waals surface area contributed by atoms with Crippen LogP contribution in [0.1, 0.15) is 46.2 Å². The molecule has 2 rings (SSSR count). The molecule has 3 N–H and O–H groups in total. The van der Waals surface area contributed by atoms with Gasteiger partial charge in [-0.15, -0.1) is 0 Å². The lowest BCUT2D eigenvalue weighted by molar-refractivity contribution is 0.193. The number of pyridine rings is 1. The Balaban J connectivity index is 2.76. The van der Waals surface area contributed by atoms with E-state index in [-0.39, 0.29) is 23.3 Å². The van der Waals surface area contributed by atoms with E-state index in [1.165, 1.54) is 12.1 Å². The summed E-state index contributed by atoms with van der Waals surface area (Å²) >= 11 is 0. The summed E-state index contributed by atoms with van der Waals surface area (Å²) in [5, 5.41) is 22.2. The molecule has 2 aromatic rings. The fourth-order valence-electron chi connectivity index (χ4n) is 2.91. The first-order valence-corrected chi connectivity index (χ1v) is 9.12. The van der Waals surface area contributed by atoms with E-state index in [0.717, 1.165) is 12.8 Å². The summed E-state index contributed by atoms with van der Waals surface area (Å²) in [6, 6.07) is 4.53. The van der Waals surface area contributed by atoms with Gasteiger partial charge in [-0.2, -0.15) is 0 Å². The molecule has 0 aliphatic carbocycles. The van der Waals surface area contributed by atoms with Gasteiger partial charge >= 0.3 is 6.09 Å². The zero-order valence-corrected chi connectivity index (χ0v) is 16.3. The molecule has 0 fully saturated rings. The average Bonchev–Trinajstić information content (AvgIpc) is 2.56. The predicted molar refractivity (Wildman–Crippen MR) is 105 cm³/mol. The molecule has 0 spiro atoms. The first kappa shape index (κ1) is 20.6. The van der Waals surface area contributed by atoms with Crippen molar-refractivity contribution in [1.82, 2.24) is 9.88 Å². The Labute approximate surface area is 158 Å². The van der Waals surface area contributed by atoms with E-state index >= 15 is 0 Å². The molecule has 0 aliphatic heterocycles. The molecule has 7 nitrogen and oxygen atoms in total. The Morgan fingerprint density at radius 3 is 2.56 bits per heavy atom. The Morgan fingerprint density at radius 2 is 1.96 bits per heavy atom. The van der Waals surface area contributed by atoms with Crippen LogP contribution in [0.2, 0.25) is 0 Å². The molecular formula is C20H28N2O5. The summed E-state index contributed by atoms with van der Waals surface area (Å²) in [4.78, 5) is 24.2. The normalized spacial score (nSPS) is 11.6. The van der Waals surface area contributed by atoms with Gasteiger partial charge in [0, 0.05) is 11.9 Å². The minimum Gasteiger partial charge on any atom is -0.508 e. The van der Waals surface area contributed by atoms with Crippen LogP contribution in [-0.4, -0.2) is 27.5 Å². The van der Waals surface area contributed by atoms with Crippen LogP contribution in [0.15, 0.2) is 23.0 Å². The summed E-state index contributed by atoms with van der Waals surface area (Å²) in [6.07, 6.45) is 0.582. The van der Waals surface area contributed by atoms with Crippen molar-refractivity contribution in [1.29, 1.82) is 0 Å². The van der Waals surface area contributed by atoms with Crippen LogP contribution in [0.4, 0.5) is 4.79 Å². The number of hydrogen-bond acceptors (Lipinski definition) is 4. The molecule has 0 bridgehead atoms. The first-order valence-electron chi connectivity index (χ1n) is 9.12. The third kappa shape index (κ3) is 5.15. The van der Waals surface area contributed by atoms with Crippen molar-refractivity contribution in [2.45, 2.75) is 53.6 Å². The van der Waals surface area contributed by atoms with Crippen molar-refractivity contribution >= 4 is 16.9 Å². The largest absolute Gasteiger partial charge is 0.508 e. The fourth-order valence-corrected chi connectivity index (χ4v) is 2.91. The number of carbonyl (C=O) groups is 1. The van der Waals surface area contributed by atoms with Crippen LogP contribution in [-0.2, 0) is 13.1 Å². The van der Waals surface area contributed by atoms with E-state index in [4.69, 9.17) is 9.84 Å². The number of rotatable bonds is 7. The maximum Gasteiger partial charge on any atom is 0.404 e. The van der Waals surface area contributed by atoms with Crippen molar-refractivity contribution in [3.05, 3.63) is 34.2 Å². The molecule has 0 saturated carbocycles. The number of ether oxygens (including phenoxy) is 1. The number of benzene rings is 1. The lowest BCUT2D eigenvalue weighted by Gasteiger charge is -2.25. The lowest BCUT2D eigenvalue weighted by atomic mass is 9.96. The van der Waals surface area contributed by atoms with Crippen LogP contribution in [0.5, 0.6) is 11.5 Å². The average molecular weight is 376 g/mol. The van der Waals surface area contributed by atoms with Crippen LogP contribution >= 0.6 is 0 Å². The van der Waals surface area contributed by atoms with Gasteiger partial charge in [0.1, 0.15) is 11.5 Å². The molecule has 7 heteroatoms. The SMILES string of the molecule is CCCCOc1c(CNC(=O)O)n(CC(C)(C)C)c(=O)c2ccc(O)cc12.